The Morgan fingerprint density at radius 1 is 1.22 bits per heavy atom. The molecule has 1 aliphatic carbocycles. The van der Waals surface area contributed by atoms with Crippen molar-refractivity contribution in [1.82, 2.24) is 4.90 Å². The number of oxime groups is 1. The van der Waals surface area contributed by atoms with Crippen molar-refractivity contribution in [3.8, 4) is 5.75 Å². The first kappa shape index (κ1) is 16.0. The molecule has 0 bridgehead atoms. The highest BCUT2D eigenvalue weighted by molar-refractivity contribution is 7.12. The zero-order valence-electron chi connectivity index (χ0n) is 13.8. The molecule has 1 unspecified atom stereocenters. The Hall–Kier alpha value is -1.85. The maximum atomic E-state index is 5.54. The van der Waals surface area contributed by atoms with Crippen molar-refractivity contribution in [2.24, 2.45) is 5.16 Å². The summed E-state index contributed by atoms with van der Waals surface area (Å²) in [5, 5.41) is 6.53. The van der Waals surface area contributed by atoms with Gasteiger partial charge in [0.05, 0.1) is 17.7 Å². The average Bonchev–Trinajstić information content (AvgIpc) is 3.14. The summed E-state index contributed by atoms with van der Waals surface area (Å²) in [5.74, 6) is 1.23. The summed E-state index contributed by atoms with van der Waals surface area (Å²) in [5.41, 5.74) is 3.59. The Kier molecular flexibility index (Phi) is 4.98. The first-order chi connectivity index (χ1) is 11.2. The quantitative estimate of drug-likeness (QED) is 0.600. The molecule has 0 aliphatic heterocycles. The van der Waals surface area contributed by atoms with Crippen LogP contribution in [0.5, 0.6) is 5.75 Å². The predicted molar refractivity (Wildman–Crippen MR) is 94.8 cm³/mol. The maximum absolute atomic E-state index is 5.54. The van der Waals surface area contributed by atoms with Crippen molar-refractivity contribution < 1.29 is 9.57 Å². The van der Waals surface area contributed by atoms with E-state index in [0.29, 0.717) is 12.5 Å². The van der Waals surface area contributed by atoms with Crippen molar-refractivity contribution in [2.45, 2.75) is 12.3 Å². The molecule has 122 valence electrons. The lowest BCUT2D eigenvalue weighted by Crippen LogP contribution is -2.17. The van der Waals surface area contributed by atoms with Gasteiger partial charge in [-0.1, -0.05) is 23.4 Å². The van der Waals surface area contributed by atoms with Crippen LogP contribution in [0.15, 0.2) is 40.9 Å². The normalized spacial score (nSPS) is 18.4. The van der Waals surface area contributed by atoms with Crippen molar-refractivity contribution in [3.05, 3.63) is 51.7 Å². The molecule has 1 atom stereocenters. The molecule has 0 N–H and O–H groups in total. The summed E-state index contributed by atoms with van der Waals surface area (Å²) in [6.07, 6.45) is 0.865. The highest BCUT2D eigenvalue weighted by Crippen LogP contribution is 2.43. The fourth-order valence-corrected chi connectivity index (χ4v) is 3.84. The van der Waals surface area contributed by atoms with Gasteiger partial charge in [0.15, 0.2) is 0 Å². The minimum absolute atomic E-state index is 0.295. The van der Waals surface area contributed by atoms with E-state index in [1.165, 1.54) is 16.0 Å². The largest absolute Gasteiger partial charge is 0.496 e. The van der Waals surface area contributed by atoms with Crippen LogP contribution in [0.4, 0.5) is 0 Å². The van der Waals surface area contributed by atoms with E-state index < -0.39 is 0 Å². The van der Waals surface area contributed by atoms with Crippen molar-refractivity contribution in [2.75, 3.05) is 34.4 Å². The molecule has 0 saturated carbocycles. The number of rotatable bonds is 6. The minimum atomic E-state index is 0.295. The highest BCUT2D eigenvalue weighted by Gasteiger charge is 2.32. The van der Waals surface area contributed by atoms with E-state index in [2.05, 4.69) is 33.6 Å². The smallest absolute Gasteiger partial charge is 0.129 e. The first-order valence-corrected chi connectivity index (χ1v) is 8.63. The van der Waals surface area contributed by atoms with Gasteiger partial charge in [0.2, 0.25) is 0 Å². The number of methoxy groups -OCH3 is 1. The van der Waals surface area contributed by atoms with E-state index in [1.54, 1.807) is 18.4 Å². The molecule has 0 amide bonds. The number of ether oxygens (including phenoxy) is 1. The Bertz CT molecular complexity index is 694. The van der Waals surface area contributed by atoms with E-state index >= 15 is 0 Å². The lowest BCUT2D eigenvalue weighted by atomic mass is 9.93. The summed E-state index contributed by atoms with van der Waals surface area (Å²) in [6.45, 7) is 1.47. The molecule has 23 heavy (non-hydrogen) atoms. The van der Waals surface area contributed by atoms with Crippen LogP contribution in [0, 0.1) is 0 Å². The monoisotopic (exact) mass is 330 g/mol. The predicted octanol–water partition coefficient (Wildman–Crippen LogP) is 3.57. The highest BCUT2D eigenvalue weighted by atomic mass is 32.1. The van der Waals surface area contributed by atoms with E-state index in [4.69, 9.17) is 9.57 Å². The molecule has 2 aromatic rings. The van der Waals surface area contributed by atoms with Gasteiger partial charge < -0.3 is 14.5 Å². The topological polar surface area (TPSA) is 34.1 Å². The molecule has 3 rings (SSSR count). The van der Waals surface area contributed by atoms with Gasteiger partial charge in [-0.15, -0.1) is 11.3 Å². The number of nitrogens with zero attached hydrogens (tertiary/aromatic N) is 2. The van der Waals surface area contributed by atoms with Crippen LogP contribution in [0.25, 0.3) is 0 Å². The van der Waals surface area contributed by atoms with Gasteiger partial charge in [-0.2, -0.15) is 0 Å². The molecule has 1 aromatic carbocycles. The zero-order chi connectivity index (χ0) is 16.2. The number of hydrogen-bond donors (Lipinski definition) is 0. The minimum Gasteiger partial charge on any atom is -0.496 e. The van der Waals surface area contributed by atoms with Crippen LogP contribution in [0.1, 0.15) is 28.3 Å². The van der Waals surface area contributed by atoms with E-state index in [1.807, 2.05) is 26.2 Å². The van der Waals surface area contributed by atoms with Crippen molar-refractivity contribution in [3.63, 3.8) is 0 Å². The van der Waals surface area contributed by atoms with Gasteiger partial charge in [-0.3, -0.25) is 0 Å². The van der Waals surface area contributed by atoms with Gasteiger partial charge in [0.25, 0.3) is 0 Å². The number of fused-ring (bicyclic) bond motifs is 1. The molecular formula is C18H22N2O2S. The Morgan fingerprint density at radius 3 is 2.83 bits per heavy atom. The molecule has 0 saturated heterocycles. The third-order valence-electron chi connectivity index (χ3n) is 4.05. The van der Waals surface area contributed by atoms with Crippen molar-refractivity contribution in [1.29, 1.82) is 0 Å². The van der Waals surface area contributed by atoms with Gasteiger partial charge >= 0.3 is 0 Å². The number of hydrogen-bond acceptors (Lipinski definition) is 5. The second kappa shape index (κ2) is 7.15. The molecule has 4 nitrogen and oxygen atoms in total. The van der Waals surface area contributed by atoms with E-state index in [0.717, 1.165) is 24.4 Å². The number of para-hydroxylation sites is 1. The number of likely N-dealkylation sites (N-methyl/N-ethyl adjacent to an activating group) is 1. The standard InChI is InChI=1S/C18H22N2O2S/c1-20(2)9-10-22-19-16-12-15(14-8-11-23-18(14)16)13-6-4-5-7-17(13)21-3/h4-8,11,15H,9-10,12H2,1-3H3/b19-16+. The molecule has 0 radical (unpaired) electrons. The van der Waals surface area contributed by atoms with Crippen LogP contribution in [0.3, 0.4) is 0 Å². The molecule has 0 fully saturated rings. The van der Waals surface area contributed by atoms with Crippen LogP contribution < -0.4 is 4.74 Å². The van der Waals surface area contributed by atoms with E-state index in [9.17, 15) is 0 Å². The molecule has 1 aliphatic rings. The van der Waals surface area contributed by atoms with E-state index in [-0.39, 0.29) is 0 Å². The Labute approximate surface area is 141 Å². The Morgan fingerprint density at radius 2 is 2.04 bits per heavy atom. The summed E-state index contributed by atoms with van der Waals surface area (Å²) in [4.78, 5) is 8.84. The number of thiophene rings is 1. The first-order valence-electron chi connectivity index (χ1n) is 7.75. The van der Waals surface area contributed by atoms with Gasteiger partial charge in [0.1, 0.15) is 12.4 Å². The summed E-state index contributed by atoms with van der Waals surface area (Å²) < 4.78 is 5.54. The summed E-state index contributed by atoms with van der Waals surface area (Å²) >= 11 is 1.73. The SMILES string of the molecule is COc1ccccc1C1C/C(=N\OCCN(C)C)c2sccc21. The van der Waals surface area contributed by atoms with Crippen LogP contribution in [-0.2, 0) is 4.84 Å². The molecular weight excluding hydrogens is 308 g/mol. The third-order valence-corrected chi connectivity index (χ3v) is 5.03. The van der Waals surface area contributed by atoms with Crippen LogP contribution in [0.2, 0.25) is 0 Å². The van der Waals surface area contributed by atoms with Gasteiger partial charge in [0, 0.05) is 24.4 Å². The zero-order valence-corrected chi connectivity index (χ0v) is 14.6. The third kappa shape index (κ3) is 3.41. The summed E-state index contributed by atoms with van der Waals surface area (Å²) in [6, 6.07) is 10.4. The second-order valence-corrected chi connectivity index (χ2v) is 6.79. The average molecular weight is 330 g/mol. The second-order valence-electron chi connectivity index (χ2n) is 5.88. The fraction of sp³-hybridized carbons (Fsp3) is 0.389. The summed E-state index contributed by atoms with van der Waals surface area (Å²) in [7, 11) is 5.78. The van der Waals surface area contributed by atoms with Crippen LogP contribution >= 0.6 is 11.3 Å². The van der Waals surface area contributed by atoms with Gasteiger partial charge in [-0.05, 0) is 37.2 Å². The maximum Gasteiger partial charge on any atom is 0.129 e. The molecule has 1 heterocycles. The molecule has 0 spiro atoms. The Balaban J connectivity index is 1.82. The van der Waals surface area contributed by atoms with Crippen LogP contribution in [-0.4, -0.2) is 45.0 Å². The lowest BCUT2D eigenvalue weighted by Gasteiger charge is -2.14. The molecule has 1 aromatic heterocycles. The fourth-order valence-electron chi connectivity index (χ4n) is 2.88. The molecule has 5 heteroatoms. The van der Waals surface area contributed by atoms with Crippen molar-refractivity contribution >= 4 is 17.0 Å². The van der Waals surface area contributed by atoms with Gasteiger partial charge in [-0.25, -0.2) is 0 Å². The number of benzene rings is 1. The lowest BCUT2D eigenvalue weighted by molar-refractivity contribution is 0.126.